The predicted octanol–water partition coefficient (Wildman–Crippen LogP) is 2.01. The Morgan fingerprint density at radius 2 is 2.12 bits per heavy atom. The molecule has 0 atom stereocenters. The number of nitrogens with one attached hydrogen (secondary N) is 2. The second kappa shape index (κ2) is 10.8. The zero-order chi connectivity index (χ0) is 18.3. The maximum absolute atomic E-state index is 11.4. The van der Waals surface area contributed by atoms with Crippen molar-refractivity contribution >= 4 is 51.3 Å². The molecule has 0 fully saturated rings. The van der Waals surface area contributed by atoms with Crippen LogP contribution in [-0.2, 0) is 23.0 Å². The second-order valence-electron chi connectivity index (χ2n) is 5.43. The third-order valence-corrected chi connectivity index (χ3v) is 5.17. The molecular weight excluding hydrogens is 485 g/mol. The molecule has 1 aromatic heterocycles. The summed E-state index contributed by atoms with van der Waals surface area (Å²) < 4.78 is 22.8. The van der Waals surface area contributed by atoms with Crippen molar-refractivity contribution < 1.29 is 8.42 Å². The van der Waals surface area contributed by atoms with Gasteiger partial charge in [-0.15, -0.1) is 35.3 Å². The Labute approximate surface area is 175 Å². The molecule has 10 heteroatoms. The van der Waals surface area contributed by atoms with Crippen LogP contribution < -0.4 is 15.8 Å². The van der Waals surface area contributed by atoms with Crippen LogP contribution in [0.4, 0.5) is 0 Å². The summed E-state index contributed by atoms with van der Waals surface area (Å²) in [6.45, 7) is 5.84. The lowest BCUT2D eigenvalue weighted by Crippen LogP contribution is -2.38. The monoisotopic (exact) mass is 509 g/mol. The van der Waals surface area contributed by atoms with E-state index in [0.29, 0.717) is 12.5 Å². The number of thiazole rings is 1. The van der Waals surface area contributed by atoms with Gasteiger partial charge in [-0.25, -0.2) is 23.5 Å². The molecule has 0 aliphatic rings. The van der Waals surface area contributed by atoms with Crippen molar-refractivity contribution in [2.45, 2.75) is 31.7 Å². The summed E-state index contributed by atoms with van der Waals surface area (Å²) in [6.07, 6.45) is 2.70. The number of sulfonamides is 1. The first-order valence-corrected chi connectivity index (χ1v) is 10.3. The molecule has 0 saturated carbocycles. The number of benzene rings is 1. The molecule has 1 heterocycles. The fraction of sp³-hybridized carbons (Fsp3) is 0.375. The van der Waals surface area contributed by atoms with Gasteiger partial charge in [0.15, 0.2) is 5.96 Å². The SMILES string of the molecule is CCNC(=NCc1cccc(S(N)(=O)=O)c1)NCCc1ncc(C)s1.I. The van der Waals surface area contributed by atoms with Gasteiger partial charge in [0.2, 0.25) is 10.0 Å². The number of guanidine groups is 1. The summed E-state index contributed by atoms with van der Waals surface area (Å²) in [5.41, 5.74) is 0.777. The molecular formula is C16H24IN5O2S2. The number of primary sulfonamides is 1. The van der Waals surface area contributed by atoms with E-state index in [-0.39, 0.29) is 28.9 Å². The smallest absolute Gasteiger partial charge is 0.238 e. The van der Waals surface area contributed by atoms with Gasteiger partial charge in [0, 0.05) is 30.6 Å². The zero-order valence-electron chi connectivity index (χ0n) is 14.7. The molecule has 4 N–H and O–H groups in total. The molecule has 0 unspecified atom stereocenters. The van der Waals surface area contributed by atoms with Crippen LogP contribution in [0.2, 0.25) is 0 Å². The van der Waals surface area contributed by atoms with Gasteiger partial charge in [-0.2, -0.15) is 0 Å². The second-order valence-corrected chi connectivity index (χ2v) is 8.31. The summed E-state index contributed by atoms with van der Waals surface area (Å²) in [7, 11) is -3.70. The maximum atomic E-state index is 11.4. The lowest BCUT2D eigenvalue weighted by molar-refractivity contribution is 0.597. The van der Waals surface area contributed by atoms with Gasteiger partial charge in [0.1, 0.15) is 0 Å². The lowest BCUT2D eigenvalue weighted by atomic mass is 10.2. The van der Waals surface area contributed by atoms with Crippen molar-refractivity contribution in [1.82, 2.24) is 15.6 Å². The first-order chi connectivity index (χ1) is 11.9. The van der Waals surface area contributed by atoms with Gasteiger partial charge in [-0.05, 0) is 31.5 Å². The molecule has 7 nitrogen and oxygen atoms in total. The number of hydrogen-bond acceptors (Lipinski definition) is 5. The van der Waals surface area contributed by atoms with E-state index in [1.165, 1.54) is 10.9 Å². The Kier molecular flexibility index (Phi) is 9.47. The Balaban J connectivity index is 0.00000338. The number of aryl methyl sites for hydroxylation is 1. The van der Waals surface area contributed by atoms with Gasteiger partial charge in [0.05, 0.1) is 16.4 Å². The Hall–Kier alpha value is -1.24. The summed E-state index contributed by atoms with van der Waals surface area (Å²) >= 11 is 1.69. The Bertz CT molecular complexity index is 837. The first kappa shape index (κ1) is 22.8. The molecule has 0 aliphatic carbocycles. The molecule has 1 aromatic carbocycles. The van der Waals surface area contributed by atoms with E-state index in [2.05, 4.69) is 20.6 Å². The standard InChI is InChI=1S/C16H23N5O2S2.HI/c1-3-18-16(19-8-7-15-20-10-12(2)24-15)21-11-13-5-4-6-14(9-13)25(17,22)23;/h4-6,9-10H,3,7-8,11H2,1-2H3,(H2,17,22,23)(H2,18,19,21);1H. The highest BCUT2D eigenvalue weighted by atomic mass is 127. The number of hydrogen-bond donors (Lipinski definition) is 3. The maximum Gasteiger partial charge on any atom is 0.238 e. The average Bonchev–Trinajstić information content (AvgIpc) is 2.97. The number of halogens is 1. The minimum atomic E-state index is -3.70. The van der Waals surface area contributed by atoms with Crippen molar-refractivity contribution in [1.29, 1.82) is 0 Å². The van der Waals surface area contributed by atoms with E-state index in [4.69, 9.17) is 5.14 Å². The van der Waals surface area contributed by atoms with E-state index in [0.717, 1.165) is 30.1 Å². The number of aliphatic imine (C=N–C) groups is 1. The topological polar surface area (TPSA) is 109 Å². The highest BCUT2D eigenvalue weighted by molar-refractivity contribution is 14.0. The van der Waals surface area contributed by atoms with Gasteiger partial charge in [-0.3, -0.25) is 0 Å². The van der Waals surface area contributed by atoms with Gasteiger partial charge < -0.3 is 10.6 Å². The Morgan fingerprint density at radius 3 is 2.73 bits per heavy atom. The summed E-state index contributed by atoms with van der Waals surface area (Å²) in [4.78, 5) is 10.1. The van der Waals surface area contributed by atoms with Crippen molar-refractivity contribution in [3.8, 4) is 0 Å². The molecule has 0 spiro atoms. The van der Waals surface area contributed by atoms with E-state index < -0.39 is 10.0 Å². The van der Waals surface area contributed by atoms with Crippen molar-refractivity contribution in [2.75, 3.05) is 13.1 Å². The largest absolute Gasteiger partial charge is 0.357 e. The molecule has 0 amide bonds. The minimum Gasteiger partial charge on any atom is -0.357 e. The molecule has 2 rings (SSSR count). The average molecular weight is 509 g/mol. The summed E-state index contributed by atoms with van der Waals surface area (Å²) in [6, 6.07) is 6.50. The minimum absolute atomic E-state index is 0. The number of rotatable bonds is 7. The normalized spacial score (nSPS) is 11.7. The number of nitrogens with zero attached hydrogens (tertiary/aromatic N) is 2. The van der Waals surface area contributed by atoms with Crippen LogP contribution in [0.3, 0.4) is 0 Å². The van der Waals surface area contributed by atoms with Crippen molar-refractivity contribution in [2.24, 2.45) is 10.1 Å². The zero-order valence-corrected chi connectivity index (χ0v) is 18.7. The lowest BCUT2D eigenvalue weighted by Gasteiger charge is -2.10. The highest BCUT2D eigenvalue weighted by Crippen LogP contribution is 2.11. The quantitative estimate of drug-likeness (QED) is 0.301. The summed E-state index contributed by atoms with van der Waals surface area (Å²) in [5, 5.41) is 12.7. The van der Waals surface area contributed by atoms with Gasteiger partial charge >= 0.3 is 0 Å². The molecule has 0 radical (unpaired) electrons. The van der Waals surface area contributed by atoms with Crippen LogP contribution in [0.1, 0.15) is 22.4 Å². The molecule has 0 bridgehead atoms. The van der Waals surface area contributed by atoms with Crippen LogP contribution in [0.25, 0.3) is 0 Å². The predicted molar refractivity (Wildman–Crippen MR) is 117 cm³/mol. The fourth-order valence-corrected chi connectivity index (χ4v) is 3.51. The van der Waals surface area contributed by atoms with E-state index in [1.54, 1.807) is 23.5 Å². The van der Waals surface area contributed by atoms with Crippen LogP contribution in [-0.4, -0.2) is 32.5 Å². The van der Waals surface area contributed by atoms with Crippen molar-refractivity contribution in [3.05, 3.63) is 45.9 Å². The first-order valence-electron chi connectivity index (χ1n) is 7.93. The third kappa shape index (κ3) is 7.56. The highest BCUT2D eigenvalue weighted by Gasteiger charge is 2.08. The molecule has 0 saturated heterocycles. The third-order valence-electron chi connectivity index (χ3n) is 3.29. The van der Waals surface area contributed by atoms with Crippen LogP contribution in [0.15, 0.2) is 40.4 Å². The van der Waals surface area contributed by atoms with Gasteiger partial charge in [-0.1, -0.05) is 12.1 Å². The molecule has 0 aliphatic heterocycles. The van der Waals surface area contributed by atoms with Gasteiger partial charge in [0.25, 0.3) is 0 Å². The van der Waals surface area contributed by atoms with E-state index >= 15 is 0 Å². The van der Waals surface area contributed by atoms with Crippen LogP contribution >= 0.6 is 35.3 Å². The van der Waals surface area contributed by atoms with Crippen molar-refractivity contribution in [3.63, 3.8) is 0 Å². The van der Waals surface area contributed by atoms with E-state index in [9.17, 15) is 8.42 Å². The number of nitrogens with two attached hydrogens (primary N) is 1. The Morgan fingerprint density at radius 1 is 1.35 bits per heavy atom. The fourth-order valence-electron chi connectivity index (χ4n) is 2.14. The molecule has 2 aromatic rings. The molecule has 144 valence electrons. The van der Waals surface area contributed by atoms with Crippen LogP contribution in [0, 0.1) is 6.92 Å². The van der Waals surface area contributed by atoms with E-state index in [1.807, 2.05) is 26.1 Å². The van der Waals surface area contributed by atoms with Crippen LogP contribution in [0.5, 0.6) is 0 Å². The summed E-state index contributed by atoms with van der Waals surface area (Å²) in [5.74, 6) is 0.678. The number of aromatic nitrogens is 1. The molecule has 26 heavy (non-hydrogen) atoms.